The summed E-state index contributed by atoms with van der Waals surface area (Å²) < 4.78 is 5.60. The lowest BCUT2D eigenvalue weighted by Gasteiger charge is -2.29. The van der Waals surface area contributed by atoms with Gasteiger partial charge in [-0.15, -0.1) is 0 Å². The molecule has 0 atom stereocenters. The average molecular weight is 406 g/mol. The number of anilines is 1. The number of ether oxygens (including phenoxy) is 1. The third-order valence-electron chi connectivity index (χ3n) is 5.86. The van der Waals surface area contributed by atoms with Gasteiger partial charge in [-0.2, -0.15) is 0 Å². The number of quaternary nitrogens is 2. The molecule has 3 N–H and O–H groups in total. The molecule has 0 bridgehead atoms. The molecular weight excluding hydrogens is 374 g/mol. The number of rotatable bonds is 7. The number of hydrogen-bond acceptors (Lipinski definition) is 2. The molecule has 1 fully saturated rings. The first kappa shape index (κ1) is 20.4. The molecule has 1 aliphatic heterocycles. The summed E-state index contributed by atoms with van der Waals surface area (Å²) in [5.41, 5.74) is 2.17. The number of amides is 1. The third-order valence-corrected chi connectivity index (χ3v) is 5.86. The normalized spacial score (nSPS) is 18.8. The smallest absolute Gasteiger partial charge is 0.279 e. The van der Waals surface area contributed by atoms with Crippen LogP contribution in [0.15, 0.2) is 66.7 Å². The van der Waals surface area contributed by atoms with Crippen LogP contribution in [0.5, 0.6) is 5.75 Å². The molecule has 0 unspecified atom stereocenters. The van der Waals surface area contributed by atoms with Crippen molar-refractivity contribution in [3.63, 3.8) is 0 Å². The van der Waals surface area contributed by atoms with Crippen molar-refractivity contribution in [2.45, 2.75) is 13.5 Å². The van der Waals surface area contributed by atoms with Crippen molar-refractivity contribution in [3.05, 3.63) is 72.3 Å². The van der Waals surface area contributed by atoms with Crippen molar-refractivity contribution in [2.75, 3.05) is 44.6 Å². The minimum absolute atomic E-state index is 0.0506. The Bertz CT molecular complexity index is 991. The maximum absolute atomic E-state index is 12.6. The summed E-state index contributed by atoms with van der Waals surface area (Å²) in [5.74, 6) is 0.780. The number of para-hydroxylation sites is 2. The Hall–Kier alpha value is -2.89. The first-order valence-corrected chi connectivity index (χ1v) is 10.9. The topological polar surface area (TPSA) is 47.2 Å². The SMILES string of the molecule is CCOc1ccccc1NC(=O)C[NH+]1CC[NH+](Cc2cccc3ccccc23)CC1. The predicted molar refractivity (Wildman–Crippen MR) is 120 cm³/mol. The van der Waals surface area contributed by atoms with Crippen molar-refractivity contribution < 1.29 is 19.3 Å². The summed E-state index contributed by atoms with van der Waals surface area (Å²) >= 11 is 0. The van der Waals surface area contributed by atoms with Crippen LogP contribution in [0.3, 0.4) is 0 Å². The molecule has 1 saturated heterocycles. The molecule has 5 heteroatoms. The highest BCUT2D eigenvalue weighted by Crippen LogP contribution is 2.23. The van der Waals surface area contributed by atoms with Gasteiger partial charge >= 0.3 is 0 Å². The lowest BCUT2D eigenvalue weighted by Crippen LogP contribution is -3.28. The van der Waals surface area contributed by atoms with Gasteiger partial charge in [0.2, 0.25) is 0 Å². The number of hydrogen-bond donors (Lipinski definition) is 3. The molecule has 1 heterocycles. The Kier molecular flexibility index (Phi) is 6.62. The molecule has 0 aromatic heterocycles. The molecule has 1 aliphatic rings. The Morgan fingerprint density at radius 3 is 2.43 bits per heavy atom. The van der Waals surface area contributed by atoms with E-state index >= 15 is 0 Å². The molecular formula is C25H31N3O2+2. The zero-order valence-corrected chi connectivity index (χ0v) is 17.6. The molecule has 3 aromatic rings. The average Bonchev–Trinajstić information content (AvgIpc) is 2.77. The maximum Gasteiger partial charge on any atom is 0.279 e. The summed E-state index contributed by atoms with van der Waals surface area (Å²) in [5, 5.41) is 5.69. The van der Waals surface area contributed by atoms with Gasteiger partial charge in [0.1, 0.15) is 38.5 Å². The first-order chi connectivity index (χ1) is 14.7. The van der Waals surface area contributed by atoms with Crippen LogP contribution >= 0.6 is 0 Å². The number of piperazine rings is 1. The lowest BCUT2D eigenvalue weighted by molar-refractivity contribution is -1.01. The van der Waals surface area contributed by atoms with Crippen LogP contribution in [0.2, 0.25) is 0 Å². The highest BCUT2D eigenvalue weighted by atomic mass is 16.5. The molecule has 0 spiro atoms. The molecule has 4 rings (SSSR count). The highest BCUT2D eigenvalue weighted by molar-refractivity contribution is 5.93. The second-order valence-corrected chi connectivity index (χ2v) is 7.97. The van der Waals surface area contributed by atoms with Gasteiger partial charge in [-0.1, -0.05) is 54.6 Å². The van der Waals surface area contributed by atoms with Crippen LogP contribution in [-0.4, -0.2) is 45.2 Å². The Balaban J connectivity index is 1.29. The number of fused-ring (bicyclic) bond motifs is 1. The number of benzene rings is 3. The summed E-state index contributed by atoms with van der Waals surface area (Å²) in [6.07, 6.45) is 0. The largest absolute Gasteiger partial charge is 0.492 e. The van der Waals surface area contributed by atoms with E-state index in [-0.39, 0.29) is 5.91 Å². The van der Waals surface area contributed by atoms with E-state index in [9.17, 15) is 4.79 Å². The van der Waals surface area contributed by atoms with Crippen LogP contribution in [0.4, 0.5) is 5.69 Å². The van der Waals surface area contributed by atoms with Crippen molar-refractivity contribution in [1.82, 2.24) is 0 Å². The van der Waals surface area contributed by atoms with E-state index < -0.39 is 0 Å². The standard InChI is InChI=1S/C25H29N3O2/c1-2-30-24-13-6-5-12-23(24)26-25(29)19-28-16-14-27(15-17-28)18-21-10-7-9-20-8-3-4-11-22(20)21/h3-13H,2,14-19H2,1H3,(H,26,29)/p+2. The Morgan fingerprint density at radius 2 is 1.60 bits per heavy atom. The van der Waals surface area contributed by atoms with Gasteiger partial charge < -0.3 is 19.9 Å². The van der Waals surface area contributed by atoms with Crippen molar-refractivity contribution in [2.24, 2.45) is 0 Å². The summed E-state index contributed by atoms with van der Waals surface area (Å²) in [6, 6.07) is 22.8. The van der Waals surface area contributed by atoms with Crippen LogP contribution in [0.1, 0.15) is 12.5 Å². The van der Waals surface area contributed by atoms with E-state index in [1.165, 1.54) is 21.2 Å². The second-order valence-electron chi connectivity index (χ2n) is 7.97. The first-order valence-electron chi connectivity index (χ1n) is 10.9. The van der Waals surface area contributed by atoms with Gasteiger partial charge in [-0.25, -0.2) is 0 Å². The molecule has 0 aliphatic carbocycles. The molecule has 0 saturated carbocycles. The van der Waals surface area contributed by atoms with Crippen LogP contribution in [-0.2, 0) is 11.3 Å². The van der Waals surface area contributed by atoms with Crippen molar-refractivity contribution in [3.8, 4) is 5.75 Å². The fourth-order valence-electron chi connectivity index (χ4n) is 4.30. The highest BCUT2D eigenvalue weighted by Gasteiger charge is 2.25. The lowest BCUT2D eigenvalue weighted by atomic mass is 10.0. The van der Waals surface area contributed by atoms with Crippen LogP contribution in [0.25, 0.3) is 10.8 Å². The van der Waals surface area contributed by atoms with E-state index in [2.05, 4.69) is 47.8 Å². The molecule has 1 amide bonds. The van der Waals surface area contributed by atoms with Crippen LogP contribution in [0, 0.1) is 0 Å². The predicted octanol–water partition coefficient (Wildman–Crippen LogP) is 1.16. The maximum atomic E-state index is 12.6. The van der Waals surface area contributed by atoms with Crippen molar-refractivity contribution >= 4 is 22.4 Å². The molecule has 156 valence electrons. The Morgan fingerprint density at radius 1 is 0.900 bits per heavy atom. The zero-order chi connectivity index (χ0) is 20.8. The number of carbonyl (C=O) groups excluding carboxylic acids is 1. The minimum Gasteiger partial charge on any atom is -0.492 e. The molecule has 3 aromatic carbocycles. The minimum atomic E-state index is 0.0506. The second kappa shape index (κ2) is 9.74. The summed E-state index contributed by atoms with van der Waals surface area (Å²) in [4.78, 5) is 15.5. The fourth-order valence-corrected chi connectivity index (χ4v) is 4.30. The van der Waals surface area contributed by atoms with Gasteiger partial charge in [-0.05, 0) is 29.8 Å². The van der Waals surface area contributed by atoms with E-state index in [4.69, 9.17) is 4.74 Å². The van der Waals surface area contributed by atoms with Gasteiger partial charge in [-0.3, -0.25) is 4.79 Å². The summed E-state index contributed by atoms with van der Waals surface area (Å²) in [6.45, 7) is 8.27. The van der Waals surface area contributed by atoms with E-state index in [1.807, 2.05) is 31.2 Å². The van der Waals surface area contributed by atoms with Gasteiger partial charge in [0.15, 0.2) is 6.54 Å². The fraction of sp³-hybridized carbons (Fsp3) is 0.320. The third kappa shape index (κ3) is 4.99. The number of carbonyl (C=O) groups is 1. The van der Waals surface area contributed by atoms with E-state index in [1.54, 1.807) is 4.90 Å². The quantitative estimate of drug-likeness (QED) is 0.553. The van der Waals surface area contributed by atoms with E-state index in [0.717, 1.165) is 44.2 Å². The Labute approximate surface area is 178 Å². The van der Waals surface area contributed by atoms with Gasteiger partial charge in [0, 0.05) is 5.56 Å². The van der Waals surface area contributed by atoms with E-state index in [0.29, 0.717) is 13.2 Å². The monoisotopic (exact) mass is 405 g/mol. The summed E-state index contributed by atoms with van der Waals surface area (Å²) in [7, 11) is 0. The molecule has 5 nitrogen and oxygen atoms in total. The number of nitrogens with one attached hydrogen (secondary N) is 3. The van der Waals surface area contributed by atoms with Crippen LogP contribution < -0.4 is 19.9 Å². The zero-order valence-electron chi connectivity index (χ0n) is 17.6. The van der Waals surface area contributed by atoms with Crippen molar-refractivity contribution in [1.29, 1.82) is 0 Å². The van der Waals surface area contributed by atoms with Gasteiger partial charge in [0.05, 0.1) is 12.3 Å². The van der Waals surface area contributed by atoms with Gasteiger partial charge in [0.25, 0.3) is 5.91 Å². The molecule has 30 heavy (non-hydrogen) atoms. The molecule has 0 radical (unpaired) electrons.